The van der Waals surface area contributed by atoms with E-state index in [9.17, 15) is 9.59 Å². The lowest BCUT2D eigenvalue weighted by Gasteiger charge is -2.37. The first-order valence-corrected chi connectivity index (χ1v) is 10.3. The third-order valence-electron chi connectivity index (χ3n) is 5.44. The van der Waals surface area contributed by atoms with Gasteiger partial charge in [0, 0.05) is 44.3 Å². The lowest BCUT2D eigenvalue weighted by molar-refractivity contribution is 0.00222. The molecule has 2 fully saturated rings. The number of methoxy groups -OCH3 is 2. The quantitative estimate of drug-likeness (QED) is 0.624. The number of carbonyl (C=O) groups is 2. The van der Waals surface area contributed by atoms with E-state index in [-0.39, 0.29) is 28.4 Å². The van der Waals surface area contributed by atoms with E-state index < -0.39 is 5.97 Å². The highest BCUT2D eigenvalue weighted by Crippen LogP contribution is 2.31. The van der Waals surface area contributed by atoms with Gasteiger partial charge in [-0.1, -0.05) is 11.6 Å². The molecule has 166 valence electrons. The summed E-state index contributed by atoms with van der Waals surface area (Å²) < 4.78 is 21.0. The number of nitrogens with one attached hydrogen (secondary N) is 2. The predicted molar refractivity (Wildman–Crippen MR) is 111 cm³/mol. The number of nitrogens with zero attached hydrogens (tertiary/aromatic N) is 1. The second kappa shape index (κ2) is 10.8. The number of amides is 2. The normalized spacial score (nSPS) is 20.4. The number of hydrogen-bond donors (Lipinski definition) is 2. The van der Waals surface area contributed by atoms with Crippen molar-refractivity contribution in [2.24, 2.45) is 5.92 Å². The van der Waals surface area contributed by atoms with Crippen molar-refractivity contribution in [2.45, 2.75) is 12.5 Å². The molecule has 2 aliphatic rings. The van der Waals surface area contributed by atoms with Gasteiger partial charge in [-0.15, -0.1) is 0 Å². The molecule has 0 spiro atoms. The van der Waals surface area contributed by atoms with E-state index in [0.29, 0.717) is 38.0 Å². The molecule has 0 aliphatic carbocycles. The minimum absolute atomic E-state index is 0.175. The molecule has 2 atom stereocenters. The number of anilines is 1. The standard InChI is InChI=1S/C20H28ClN3O6/c1-27-18-10-16(15(21)9-14(18)19(25)28-2)23-20(26)22-11-17(13-3-6-30-12-13)24-4-7-29-8-5-24/h9-10,13,17H,3-8,11-12H2,1-2H3,(H2,22,23,26)/t13-,17-/m0/s1. The van der Waals surface area contributed by atoms with Gasteiger partial charge in [0.15, 0.2) is 0 Å². The number of hydrogen-bond acceptors (Lipinski definition) is 7. The van der Waals surface area contributed by atoms with Gasteiger partial charge in [-0.3, -0.25) is 4.90 Å². The molecule has 9 nitrogen and oxygen atoms in total. The second-order valence-electron chi connectivity index (χ2n) is 7.20. The molecule has 3 rings (SSSR count). The van der Waals surface area contributed by atoms with Crippen LogP contribution in [0.1, 0.15) is 16.8 Å². The summed E-state index contributed by atoms with van der Waals surface area (Å²) in [6, 6.07) is 2.70. The lowest BCUT2D eigenvalue weighted by atomic mass is 9.97. The van der Waals surface area contributed by atoms with Gasteiger partial charge in [-0.2, -0.15) is 0 Å². The molecule has 0 radical (unpaired) electrons. The van der Waals surface area contributed by atoms with Gasteiger partial charge in [-0.05, 0) is 12.5 Å². The van der Waals surface area contributed by atoms with Crippen LogP contribution in [0, 0.1) is 5.92 Å². The first-order chi connectivity index (χ1) is 14.5. The van der Waals surface area contributed by atoms with E-state index >= 15 is 0 Å². The molecule has 30 heavy (non-hydrogen) atoms. The number of halogens is 1. The summed E-state index contributed by atoms with van der Waals surface area (Å²) in [5.74, 6) is 0.0548. The second-order valence-corrected chi connectivity index (χ2v) is 7.61. The SMILES string of the molecule is COC(=O)c1cc(Cl)c(NC(=O)NC[C@@H]([C@H]2CCOC2)N2CCOCC2)cc1OC. The van der Waals surface area contributed by atoms with Crippen LogP contribution in [-0.4, -0.2) is 83.2 Å². The van der Waals surface area contributed by atoms with Gasteiger partial charge in [0.2, 0.25) is 0 Å². The van der Waals surface area contributed by atoms with Crippen LogP contribution in [0.25, 0.3) is 0 Å². The van der Waals surface area contributed by atoms with Crippen molar-refractivity contribution in [2.75, 3.05) is 65.6 Å². The third-order valence-corrected chi connectivity index (χ3v) is 5.75. The van der Waals surface area contributed by atoms with Crippen molar-refractivity contribution < 1.29 is 28.5 Å². The molecule has 0 bridgehead atoms. The van der Waals surface area contributed by atoms with E-state index in [4.69, 9.17) is 30.5 Å². The van der Waals surface area contributed by atoms with Crippen LogP contribution < -0.4 is 15.4 Å². The predicted octanol–water partition coefficient (Wildman–Crippen LogP) is 1.99. The monoisotopic (exact) mass is 441 g/mol. The van der Waals surface area contributed by atoms with Crippen molar-refractivity contribution in [3.8, 4) is 5.75 Å². The number of morpholine rings is 1. The first-order valence-electron chi connectivity index (χ1n) is 9.93. The van der Waals surface area contributed by atoms with Crippen molar-refractivity contribution in [3.63, 3.8) is 0 Å². The molecular formula is C20H28ClN3O6. The lowest BCUT2D eigenvalue weighted by Crippen LogP contribution is -2.52. The topological polar surface area (TPSA) is 98.4 Å². The number of urea groups is 1. The maximum Gasteiger partial charge on any atom is 0.341 e. The Morgan fingerprint density at radius 1 is 1.23 bits per heavy atom. The van der Waals surface area contributed by atoms with Crippen LogP contribution in [0.2, 0.25) is 5.02 Å². The fourth-order valence-electron chi connectivity index (χ4n) is 3.81. The van der Waals surface area contributed by atoms with E-state index in [1.54, 1.807) is 0 Å². The maximum atomic E-state index is 12.6. The first kappa shape index (κ1) is 22.6. The van der Waals surface area contributed by atoms with Crippen molar-refractivity contribution in [1.82, 2.24) is 10.2 Å². The van der Waals surface area contributed by atoms with Crippen molar-refractivity contribution >= 4 is 29.3 Å². The molecule has 1 aromatic rings. The summed E-state index contributed by atoms with van der Waals surface area (Å²) in [4.78, 5) is 26.8. The van der Waals surface area contributed by atoms with Crippen molar-refractivity contribution in [1.29, 1.82) is 0 Å². The van der Waals surface area contributed by atoms with Gasteiger partial charge in [0.05, 0.1) is 44.8 Å². The average molecular weight is 442 g/mol. The van der Waals surface area contributed by atoms with Crippen LogP contribution in [0.15, 0.2) is 12.1 Å². The number of ether oxygens (including phenoxy) is 4. The molecule has 0 unspecified atom stereocenters. The highest BCUT2D eigenvalue weighted by molar-refractivity contribution is 6.34. The van der Waals surface area contributed by atoms with Gasteiger partial charge in [0.25, 0.3) is 0 Å². The maximum absolute atomic E-state index is 12.6. The molecule has 2 amide bonds. The van der Waals surface area contributed by atoms with Crippen LogP contribution >= 0.6 is 11.6 Å². The average Bonchev–Trinajstić information content (AvgIpc) is 3.29. The van der Waals surface area contributed by atoms with Crippen LogP contribution in [0.3, 0.4) is 0 Å². The Kier molecular flexibility index (Phi) is 8.15. The Bertz CT molecular complexity index is 750. The zero-order valence-electron chi connectivity index (χ0n) is 17.2. The highest BCUT2D eigenvalue weighted by atomic mass is 35.5. The van der Waals surface area contributed by atoms with Gasteiger partial charge in [-0.25, -0.2) is 9.59 Å². The fraction of sp³-hybridized carbons (Fsp3) is 0.600. The summed E-state index contributed by atoms with van der Waals surface area (Å²) in [5, 5.41) is 5.88. The Morgan fingerprint density at radius 3 is 2.63 bits per heavy atom. The summed E-state index contributed by atoms with van der Waals surface area (Å²) in [5.41, 5.74) is 0.523. The number of carbonyl (C=O) groups excluding carboxylic acids is 2. The summed E-state index contributed by atoms with van der Waals surface area (Å²) >= 11 is 6.25. The zero-order chi connectivity index (χ0) is 21.5. The molecule has 2 aliphatic heterocycles. The minimum Gasteiger partial charge on any atom is -0.496 e. The molecule has 0 aromatic heterocycles. The fourth-order valence-corrected chi connectivity index (χ4v) is 4.02. The van der Waals surface area contributed by atoms with Gasteiger partial charge < -0.3 is 29.6 Å². The number of benzene rings is 1. The Labute approximate surface area is 180 Å². The van der Waals surface area contributed by atoms with Crippen LogP contribution in [0.5, 0.6) is 5.75 Å². The Balaban J connectivity index is 1.64. The van der Waals surface area contributed by atoms with Gasteiger partial charge >= 0.3 is 12.0 Å². The molecule has 1 aromatic carbocycles. The Morgan fingerprint density at radius 2 is 2.00 bits per heavy atom. The summed E-state index contributed by atoms with van der Waals surface area (Å²) in [7, 11) is 2.70. The molecule has 2 N–H and O–H groups in total. The van der Waals surface area contributed by atoms with Crippen molar-refractivity contribution in [3.05, 3.63) is 22.7 Å². The number of esters is 1. The molecule has 0 saturated carbocycles. The Hall–Kier alpha value is -2.07. The third kappa shape index (κ3) is 5.54. The van der Waals surface area contributed by atoms with E-state index in [2.05, 4.69) is 15.5 Å². The van der Waals surface area contributed by atoms with E-state index in [1.165, 1.54) is 26.4 Å². The molecule has 2 heterocycles. The summed E-state index contributed by atoms with van der Waals surface area (Å²) in [6.45, 7) is 4.99. The van der Waals surface area contributed by atoms with E-state index in [0.717, 1.165) is 26.1 Å². The smallest absolute Gasteiger partial charge is 0.341 e. The molecular weight excluding hydrogens is 414 g/mol. The van der Waals surface area contributed by atoms with Gasteiger partial charge in [0.1, 0.15) is 11.3 Å². The molecule has 2 saturated heterocycles. The molecule has 10 heteroatoms. The number of rotatable bonds is 7. The highest BCUT2D eigenvalue weighted by Gasteiger charge is 2.31. The summed E-state index contributed by atoms with van der Waals surface area (Å²) in [6.07, 6.45) is 0.976. The van der Waals surface area contributed by atoms with Crippen LogP contribution in [-0.2, 0) is 14.2 Å². The minimum atomic E-state index is -0.572. The van der Waals surface area contributed by atoms with Crippen LogP contribution in [0.4, 0.5) is 10.5 Å². The van der Waals surface area contributed by atoms with E-state index in [1.807, 2.05) is 0 Å². The largest absolute Gasteiger partial charge is 0.496 e. The zero-order valence-corrected chi connectivity index (χ0v) is 18.0.